The lowest BCUT2D eigenvalue weighted by molar-refractivity contribution is -0.131. The second kappa shape index (κ2) is 6.62. The Balaban J connectivity index is 2.52. The van der Waals surface area contributed by atoms with Crippen LogP contribution in [0.4, 0.5) is 0 Å². The van der Waals surface area contributed by atoms with E-state index in [0.717, 1.165) is 6.42 Å². The van der Waals surface area contributed by atoms with Gasteiger partial charge in [-0.3, -0.25) is 4.79 Å². The molecule has 0 N–H and O–H groups in total. The zero-order chi connectivity index (χ0) is 11.1. The number of carbonyl (C=O) groups is 1. The van der Waals surface area contributed by atoms with Crippen LogP contribution in [0.2, 0.25) is 0 Å². The van der Waals surface area contributed by atoms with E-state index in [0.29, 0.717) is 5.75 Å². The van der Waals surface area contributed by atoms with Gasteiger partial charge in [0, 0.05) is 0 Å². The van der Waals surface area contributed by atoms with Crippen LogP contribution in [0.25, 0.3) is 0 Å². The third-order valence-electron chi connectivity index (χ3n) is 2.08. The summed E-state index contributed by atoms with van der Waals surface area (Å²) in [4.78, 5) is 11.0. The molecule has 0 unspecified atom stereocenters. The molecule has 82 valence electrons. The van der Waals surface area contributed by atoms with E-state index in [-0.39, 0.29) is 11.3 Å². The van der Waals surface area contributed by atoms with Gasteiger partial charge in [0.2, 0.25) is 0 Å². The third kappa shape index (κ3) is 4.47. The molecule has 2 nitrogen and oxygen atoms in total. The number of benzene rings is 1. The fourth-order valence-electron chi connectivity index (χ4n) is 1.26. The van der Waals surface area contributed by atoms with Crippen LogP contribution < -0.4 is 4.74 Å². The first-order valence-electron chi connectivity index (χ1n) is 5.12. The summed E-state index contributed by atoms with van der Waals surface area (Å²) in [6.07, 6.45) is 3.48. The molecule has 1 aromatic carbocycles. The van der Waals surface area contributed by atoms with Crippen LogP contribution in [0.3, 0.4) is 0 Å². The molecule has 0 spiro atoms. The maximum Gasteiger partial charge on any atom is 0.321 e. The van der Waals surface area contributed by atoms with Gasteiger partial charge in [0.1, 0.15) is 11.1 Å². The van der Waals surface area contributed by atoms with E-state index in [1.165, 1.54) is 18.4 Å². The van der Waals surface area contributed by atoms with E-state index in [2.05, 4.69) is 22.9 Å². The Morgan fingerprint density at radius 2 is 2.00 bits per heavy atom. The van der Waals surface area contributed by atoms with Gasteiger partial charge in [0.25, 0.3) is 0 Å². The van der Waals surface area contributed by atoms with Crippen LogP contribution in [-0.2, 0) is 11.2 Å². The minimum Gasteiger partial charge on any atom is -0.426 e. The van der Waals surface area contributed by atoms with Crippen LogP contribution in [0.1, 0.15) is 25.3 Å². The lowest BCUT2D eigenvalue weighted by atomic mass is 10.1. The third-order valence-corrected chi connectivity index (χ3v) is 2.54. The van der Waals surface area contributed by atoms with Gasteiger partial charge in [-0.1, -0.05) is 41.4 Å². The standard InChI is InChI=1S/C12H15BrO2/c1-2-3-4-10-5-7-11(8-6-10)15-12(14)9-13/h5-8H,2-4,9H2,1H3. The molecule has 1 rings (SSSR count). The maximum atomic E-state index is 11.0. The second-order valence-corrected chi connectivity index (χ2v) is 3.92. The van der Waals surface area contributed by atoms with E-state index >= 15 is 0 Å². The molecule has 0 aromatic heterocycles. The van der Waals surface area contributed by atoms with Crippen LogP contribution >= 0.6 is 15.9 Å². The molecule has 0 aliphatic heterocycles. The van der Waals surface area contributed by atoms with Gasteiger partial charge in [0.15, 0.2) is 0 Å². The van der Waals surface area contributed by atoms with Crippen molar-refractivity contribution in [2.45, 2.75) is 26.2 Å². The van der Waals surface area contributed by atoms with Crippen molar-refractivity contribution in [3.8, 4) is 5.75 Å². The largest absolute Gasteiger partial charge is 0.426 e. The number of aryl methyl sites for hydroxylation is 1. The van der Waals surface area contributed by atoms with Crippen molar-refractivity contribution in [1.82, 2.24) is 0 Å². The lowest BCUT2D eigenvalue weighted by Crippen LogP contribution is -2.08. The van der Waals surface area contributed by atoms with Crippen molar-refractivity contribution in [1.29, 1.82) is 0 Å². The van der Waals surface area contributed by atoms with E-state index in [1.54, 1.807) is 0 Å². The highest BCUT2D eigenvalue weighted by molar-refractivity contribution is 9.09. The quantitative estimate of drug-likeness (QED) is 0.466. The Hall–Kier alpha value is -0.830. The number of esters is 1. The molecule has 1 aromatic rings. The molecular weight excluding hydrogens is 256 g/mol. The number of halogens is 1. The summed E-state index contributed by atoms with van der Waals surface area (Å²) in [5, 5.41) is 0.227. The number of carbonyl (C=O) groups excluding carboxylic acids is 1. The maximum absolute atomic E-state index is 11.0. The first-order chi connectivity index (χ1) is 7.26. The molecule has 0 bridgehead atoms. The van der Waals surface area contributed by atoms with E-state index in [4.69, 9.17) is 4.74 Å². The van der Waals surface area contributed by atoms with Gasteiger partial charge in [-0.05, 0) is 30.5 Å². The summed E-state index contributed by atoms with van der Waals surface area (Å²) in [5.74, 6) is 0.344. The van der Waals surface area contributed by atoms with Gasteiger partial charge in [0.05, 0.1) is 0 Å². The highest BCUT2D eigenvalue weighted by Crippen LogP contribution is 2.14. The van der Waals surface area contributed by atoms with E-state index in [1.807, 2.05) is 24.3 Å². The molecule has 0 amide bonds. The zero-order valence-corrected chi connectivity index (χ0v) is 10.4. The molecule has 0 radical (unpaired) electrons. The Labute approximate surface area is 98.8 Å². The number of ether oxygens (including phenoxy) is 1. The van der Waals surface area contributed by atoms with E-state index < -0.39 is 0 Å². The average molecular weight is 271 g/mol. The average Bonchev–Trinajstić information content (AvgIpc) is 2.28. The highest BCUT2D eigenvalue weighted by Gasteiger charge is 2.01. The fraction of sp³-hybridized carbons (Fsp3) is 0.417. The van der Waals surface area contributed by atoms with Crippen molar-refractivity contribution < 1.29 is 9.53 Å². The molecule has 0 atom stereocenters. The summed E-state index contributed by atoms with van der Waals surface area (Å²) < 4.78 is 5.04. The molecule has 0 aliphatic rings. The highest BCUT2D eigenvalue weighted by atomic mass is 79.9. The monoisotopic (exact) mass is 270 g/mol. The molecule has 0 fully saturated rings. The summed E-state index contributed by atoms with van der Waals surface area (Å²) in [6, 6.07) is 7.69. The lowest BCUT2D eigenvalue weighted by Gasteiger charge is -2.03. The summed E-state index contributed by atoms with van der Waals surface area (Å²) in [6.45, 7) is 2.17. The first kappa shape index (κ1) is 12.2. The fourth-order valence-corrected chi connectivity index (χ4v) is 1.38. The van der Waals surface area contributed by atoms with Crippen LogP contribution in [0, 0.1) is 0 Å². The van der Waals surface area contributed by atoms with Crippen molar-refractivity contribution >= 4 is 21.9 Å². The molecule has 15 heavy (non-hydrogen) atoms. The minimum absolute atomic E-state index is 0.227. The zero-order valence-electron chi connectivity index (χ0n) is 8.83. The molecule has 3 heteroatoms. The van der Waals surface area contributed by atoms with Gasteiger partial charge in [-0.2, -0.15) is 0 Å². The molecule has 0 aliphatic carbocycles. The van der Waals surface area contributed by atoms with Gasteiger partial charge in [-0.15, -0.1) is 0 Å². The topological polar surface area (TPSA) is 26.3 Å². The smallest absolute Gasteiger partial charge is 0.321 e. The minimum atomic E-state index is -0.267. The number of rotatable bonds is 5. The molecular formula is C12H15BrO2. The van der Waals surface area contributed by atoms with Crippen molar-refractivity contribution in [2.75, 3.05) is 5.33 Å². The predicted octanol–water partition coefficient (Wildman–Crippen LogP) is 3.33. The van der Waals surface area contributed by atoms with Gasteiger partial charge < -0.3 is 4.74 Å². The Kier molecular flexibility index (Phi) is 5.40. The van der Waals surface area contributed by atoms with Crippen molar-refractivity contribution in [3.63, 3.8) is 0 Å². The molecule has 0 saturated heterocycles. The van der Waals surface area contributed by atoms with Crippen molar-refractivity contribution in [2.24, 2.45) is 0 Å². The summed E-state index contributed by atoms with van der Waals surface area (Å²) >= 11 is 3.05. The summed E-state index contributed by atoms with van der Waals surface area (Å²) in [5.41, 5.74) is 1.29. The van der Waals surface area contributed by atoms with Crippen LogP contribution in [-0.4, -0.2) is 11.3 Å². The van der Waals surface area contributed by atoms with Gasteiger partial charge in [-0.25, -0.2) is 0 Å². The van der Waals surface area contributed by atoms with Crippen LogP contribution in [0.15, 0.2) is 24.3 Å². The predicted molar refractivity (Wildman–Crippen MR) is 64.5 cm³/mol. The Morgan fingerprint density at radius 3 is 2.53 bits per heavy atom. The second-order valence-electron chi connectivity index (χ2n) is 3.36. The number of alkyl halides is 1. The molecule has 0 saturated carbocycles. The Bertz CT molecular complexity index is 306. The summed E-state index contributed by atoms with van der Waals surface area (Å²) in [7, 11) is 0. The van der Waals surface area contributed by atoms with E-state index in [9.17, 15) is 4.79 Å². The number of hydrogen-bond acceptors (Lipinski definition) is 2. The number of hydrogen-bond donors (Lipinski definition) is 0. The SMILES string of the molecule is CCCCc1ccc(OC(=O)CBr)cc1. The normalized spacial score (nSPS) is 10.0. The molecule has 0 heterocycles. The Morgan fingerprint density at radius 1 is 1.33 bits per heavy atom. The number of unbranched alkanes of at least 4 members (excludes halogenated alkanes) is 1. The van der Waals surface area contributed by atoms with Crippen LogP contribution in [0.5, 0.6) is 5.75 Å². The van der Waals surface area contributed by atoms with Crippen molar-refractivity contribution in [3.05, 3.63) is 29.8 Å². The first-order valence-corrected chi connectivity index (χ1v) is 6.24. The van der Waals surface area contributed by atoms with Gasteiger partial charge >= 0.3 is 5.97 Å².